The van der Waals surface area contributed by atoms with Gasteiger partial charge in [-0.1, -0.05) is 0 Å². The average Bonchev–Trinajstić information content (AvgIpc) is 3.50. The lowest BCUT2D eigenvalue weighted by Crippen LogP contribution is -2.35. The van der Waals surface area contributed by atoms with Crippen LogP contribution in [0.4, 0.5) is 22.0 Å². The average molecular weight is 486 g/mol. The molecule has 0 atom stereocenters. The highest BCUT2D eigenvalue weighted by Crippen LogP contribution is 2.37. The number of rotatable bonds is 4. The molecule has 2 aliphatic rings. The number of nitrogens with zero attached hydrogens (tertiary/aromatic N) is 6. The van der Waals surface area contributed by atoms with E-state index in [9.17, 15) is 19.8 Å². The highest BCUT2D eigenvalue weighted by Gasteiger charge is 2.37. The smallest absolute Gasteiger partial charge is 0.414 e. The molecule has 11 heteroatoms. The van der Waals surface area contributed by atoms with Crippen molar-refractivity contribution < 1.29 is 19.8 Å². The van der Waals surface area contributed by atoms with Gasteiger partial charge < -0.3 is 20.4 Å². The second-order valence-corrected chi connectivity index (χ2v) is 8.88. The van der Waals surface area contributed by atoms with E-state index in [1.165, 1.54) is 0 Å². The van der Waals surface area contributed by atoms with E-state index in [-0.39, 0.29) is 18.2 Å². The van der Waals surface area contributed by atoms with Gasteiger partial charge in [-0.25, -0.2) is 19.2 Å². The van der Waals surface area contributed by atoms with Crippen LogP contribution < -0.4 is 10.2 Å². The van der Waals surface area contributed by atoms with Crippen molar-refractivity contribution in [2.75, 3.05) is 23.3 Å². The lowest BCUT2D eigenvalue weighted by Gasteiger charge is -2.31. The minimum absolute atomic E-state index is 0.0935. The van der Waals surface area contributed by atoms with E-state index in [0.717, 1.165) is 47.6 Å². The van der Waals surface area contributed by atoms with Gasteiger partial charge in [0.1, 0.15) is 5.82 Å². The first kappa shape index (κ1) is 22.0. The minimum atomic E-state index is -1.32. The van der Waals surface area contributed by atoms with E-state index in [2.05, 4.69) is 25.3 Å². The molecule has 1 saturated heterocycles. The third kappa shape index (κ3) is 3.69. The Balaban J connectivity index is 1.36. The predicted molar refractivity (Wildman–Crippen MR) is 131 cm³/mol. The molecule has 0 aliphatic carbocycles. The van der Waals surface area contributed by atoms with Gasteiger partial charge in [-0.2, -0.15) is 5.10 Å². The van der Waals surface area contributed by atoms with Crippen molar-refractivity contribution in [1.29, 1.82) is 0 Å². The molecule has 0 unspecified atom stereocenters. The van der Waals surface area contributed by atoms with Crippen LogP contribution >= 0.6 is 0 Å². The maximum absolute atomic E-state index is 13.1. The van der Waals surface area contributed by atoms with Crippen LogP contribution in [0.2, 0.25) is 0 Å². The third-order valence-corrected chi connectivity index (χ3v) is 6.72. The number of carbonyl (C=O) groups excluding carboxylic acids is 1. The molecule has 0 aromatic carbocycles. The molecule has 0 saturated carbocycles. The monoisotopic (exact) mass is 485 g/mol. The quantitative estimate of drug-likeness (QED) is 0.398. The van der Waals surface area contributed by atoms with Gasteiger partial charge in [-0.3, -0.25) is 9.78 Å². The second-order valence-electron chi connectivity index (χ2n) is 8.88. The number of piperidine rings is 1. The summed E-state index contributed by atoms with van der Waals surface area (Å²) in [5, 5.41) is 26.8. The summed E-state index contributed by atoms with van der Waals surface area (Å²) in [4.78, 5) is 37.0. The van der Waals surface area contributed by atoms with Gasteiger partial charge in [0.05, 0.1) is 53.2 Å². The number of aromatic nitrogens is 4. The van der Waals surface area contributed by atoms with Crippen molar-refractivity contribution in [1.82, 2.24) is 24.5 Å². The third-order valence-electron chi connectivity index (χ3n) is 6.72. The molecule has 6 rings (SSSR count). The van der Waals surface area contributed by atoms with E-state index >= 15 is 0 Å². The van der Waals surface area contributed by atoms with Gasteiger partial charge in [-0.05, 0) is 43.2 Å². The summed E-state index contributed by atoms with van der Waals surface area (Å²) >= 11 is 0. The fourth-order valence-electron chi connectivity index (χ4n) is 4.86. The summed E-state index contributed by atoms with van der Waals surface area (Å²) < 4.78 is 1.70. The van der Waals surface area contributed by atoms with Gasteiger partial charge in [0.25, 0.3) is 5.91 Å². The van der Waals surface area contributed by atoms with E-state index in [0.29, 0.717) is 22.8 Å². The van der Waals surface area contributed by atoms with Crippen LogP contribution in [0.1, 0.15) is 28.8 Å². The van der Waals surface area contributed by atoms with Crippen molar-refractivity contribution in [3.63, 3.8) is 0 Å². The topological polar surface area (TPSA) is 136 Å². The Morgan fingerprint density at radius 2 is 1.92 bits per heavy atom. The molecule has 36 heavy (non-hydrogen) atoms. The zero-order chi connectivity index (χ0) is 24.8. The molecule has 182 valence electrons. The molecule has 2 aliphatic heterocycles. The number of imide groups is 1. The molecule has 3 N–H and O–H groups in total. The van der Waals surface area contributed by atoms with Crippen molar-refractivity contribution >= 4 is 34.7 Å². The zero-order valence-electron chi connectivity index (χ0n) is 19.2. The summed E-state index contributed by atoms with van der Waals surface area (Å²) in [6.07, 6.45) is 6.61. The molecule has 0 radical (unpaired) electrons. The van der Waals surface area contributed by atoms with Gasteiger partial charge in [0.15, 0.2) is 0 Å². The van der Waals surface area contributed by atoms with E-state index in [1.807, 2.05) is 30.5 Å². The Morgan fingerprint density at radius 1 is 1.08 bits per heavy atom. The number of carboxylic acid groups (broad SMARTS) is 1. The van der Waals surface area contributed by atoms with Crippen molar-refractivity contribution in [3.8, 4) is 11.3 Å². The molecule has 11 nitrogen and oxygen atoms in total. The van der Waals surface area contributed by atoms with Crippen molar-refractivity contribution in [3.05, 3.63) is 66.2 Å². The lowest BCUT2D eigenvalue weighted by atomic mass is 10.0. The van der Waals surface area contributed by atoms with Crippen LogP contribution in [-0.4, -0.2) is 65.9 Å². The molecular weight excluding hydrogens is 462 g/mol. The summed E-state index contributed by atoms with van der Waals surface area (Å²) in [7, 11) is 0. The van der Waals surface area contributed by atoms with Gasteiger partial charge in [0.2, 0.25) is 0 Å². The first-order valence-corrected chi connectivity index (χ1v) is 11.6. The summed E-state index contributed by atoms with van der Waals surface area (Å²) in [6, 6.07) is 9.29. The van der Waals surface area contributed by atoms with Crippen LogP contribution in [0.3, 0.4) is 0 Å². The SMILES string of the molecule is O=C(O)N1Cc2c(-c3ccnn4cccc34)ncc(Nc3ccc(N4CCC(O)CC4)cn3)c2C1=O. The Kier molecular flexibility index (Phi) is 5.26. The number of nitrogens with one attached hydrogen (secondary N) is 1. The fourth-order valence-corrected chi connectivity index (χ4v) is 4.86. The molecular formula is C25H23N7O4. The number of hydrogen-bond donors (Lipinski definition) is 3. The Hall–Kier alpha value is -4.51. The Labute approximate surface area is 205 Å². The van der Waals surface area contributed by atoms with Crippen LogP contribution in [0.5, 0.6) is 0 Å². The van der Waals surface area contributed by atoms with Gasteiger partial charge >= 0.3 is 6.09 Å². The van der Waals surface area contributed by atoms with E-state index < -0.39 is 12.0 Å². The molecule has 4 aromatic rings. The number of anilines is 3. The fraction of sp³-hybridized carbons (Fsp3) is 0.240. The lowest BCUT2D eigenvalue weighted by molar-refractivity contribution is 0.0764. The first-order chi connectivity index (χ1) is 17.5. The van der Waals surface area contributed by atoms with Crippen molar-refractivity contribution in [2.24, 2.45) is 0 Å². The largest absolute Gasteiger partial charge is 0.465 e. The summed E-state index contributed by atoms with van der Waals surface area (Å²) in [5.74, 6) is -0.0976. The van der Waals surface area contributed by atoms with E-state index in [4.69, 9.17) is 0 Å². The number of aliphatic hydroxyl groups excluding tert-OH is 1. The number of pyridine rings is 2. The normalized spacial score (nSPS) is 16.0. The van der Waals surface area contributed by atoms with Crippen LogP contribution in [-0.2, 0) is 6.54 Å². The number of hydrogen-bond acceptors (Lipinski definition) is 8. The first-order valence-electron chi connectivity index (χ1n) is 11.6. The number of carbonyl (C=O) groups is 2. The predicted octanol–water partition coefficient (Wildman–Crippen LogP) is 3.13. The maximum atomic E-state index is 13.1. The summed E-state index contributed by atoms with van der Waals surface area (Å²) in [5.41, 5.74) is 4.24. The summed E-state index contributed by atoms with van der Waals surface area (Å²) in [6.45, 7) is 1.43. The van der Waals surface area contributed by atoms with Gasteiger partial charge in [-0.15, -0.1) is 0 Å². The molecule has 2 amide bonds. The standard InChI is InChI=1S/C25H23N7O4/c33-16-6-10-30(11-7-16)15-3-4-21(26-12-15)29-19-13-27-23(17-5-8-28-32-9-1-2-20(17)32)18-14-31(25(35)36)24(34)22(18)19/h1-5,8-9,12-13,16,33H,6-7,10-11,14H2,(H,26,29)(H,35,36). The van der Waals surface area contributed by atoms with Crippen molar-refractivity contribution in [2.45, 2.75) is 25.5 Å². The molecule has 0 spiro atoms. The molecule has 0 bridgehead atoms. The van der Waals surface area contributed by atoms with Crippen LogP contribution in [0.25, 0.3) is 16.8 Å². The molecule has 6 heterocycles. The van der Waals surface area contributed by atoms with Crippen LogP contribution in [0, 0.1) is 0 Å². The Morgan fingerprint density at radius 3 is 2.67 bits per heavy atom. The number of fused-ring (bicyclic) bond motifs is 2. The maximum Gasteiger partial charge on any atom is 0.414 e. The minimum Gasteiger partial charge on any atom is -0.465 e. The zero-order valence-corrected chi connectivity index (χ0v) is 19.2. The highest BCUT2D eigenvalue weighted by atomic mass is 16.4. The van der Waals surface area contributed by atoms with E-state index in [1.54, 1.807) is 29.2 Å². The highest BCUT2D eigenvalue weighted by molar-refractivity contribution is 6.11. The van der Waals surface area contributed by atoms with Gasteiger partial charge in [0, 0.05) is 36.6 Å². The molecule has 4 aromatic heterocycles. The van der Waals surface area contributed by atoms with Crippen LogP contribution in [0.15, 0.2) is 55.1 Å². The Bertz CT molecular complexity index is 1480. The number of aliphatic hydroxyl groups is 1. The number of amides is 2. The second kappa shape index (κ2) is 8.61. The molecule has 1 fully saturated rings.